The highest BCUT2D eigenvalue weighted by Gasteiger charge is 2.25. The third-order valence-corrected chi connectivity index (χ3v) is 4.37. The van der Waals surface area contributed by atoms with Gasteiger partial charge in [0.05, 0.1) is 12.9 Å². The van der Waals surface area contributed by atoms with Crippen LogP contribution in [0.15, 0.2) is 43.0 Å². The van der Waals surface area contributed by atoms with Gasteiger partial charge in [0.2, 0.25) is 0 Å². The Bertz CT molecular complexity index is 657. The molecule has 6 nitrogen and oxygen atoms in total. The van der Waals surface area contributed by atoms with Gasteiger partial charge in [-0.2, -0.15) is 0 Å². The summed E-state index contributed by atoms with van der Waals surface area (Å²) in [4.78, 5) is 18.7. The summed E-state index contributed by atoms with van der Waals surface area (Å²) < 4.78 is 7.63. The first-order chi connectivity index (χ1) is 11.8. The van der Waals surface area contributed by atoms with E-state index in [9.17, 15) is 4.79 Å². The van der Waals surface area contributed by atoms with Crippen molar-refractivity contribution in [2.75, 3.05) is 26.2 Å². The third kappa shape index (κ3) is 4.21. The molecule has 1 aromatic heterocycles. The number of rotatable bonds is 6. The van der Waals surface area contributed by atoms with Crippen LogP contribution in [0, 0.1) is 0 Å². The normalized spacial score (nSPS) is 18.5. The van der Waals surface area contributed by atoms with Gasteiger partial charge in [-0.25, -0.2) is 4.98 Å². The molecule has 0 saturated carbocycles. The smallest absolute Gasteiger partial charge is 0.250 e. The molecule has 6 heteroatoms. The zero-order chi connectivity index (χ0) is 16.8. The average Bonchev–Trinajstić information content (AvgIpc) is 3.14. The molecule has 1 aliphatic rings. The fourth-order valence-corrected chi connectivity index (χ4v) is 2.91. The summed E-state index contributed by atoms with van der Waals surface area (Å²) in [6.07, 6.45) is 5.12. The molecular formula is C18H24N4O2. The van der Waals surface area contributed by atoms with Crippen LogP contribution in [-0.4, -0.2) is 52.7 Å². The monoisotopic (exact) mass is 328 g/mol. The molecule has 0 radical (unpaired) electrons. The fourth-order valence-electron chi connectivity index (χ4n) is 2.91. The zero-order valence-corrected chi connectivity index (χ0v) is 14.0. The SMILES string of the molecule is CCN1CCOC(C(=O)NCc2ccccc2Cn2ccnc2)C1. The predicted octanol–water partition coefficient (Wildman–Crippen LogP) is 1.27. The molecule has 1 fully saturated rings. The highest BCUT2D eigenvalue weighted by Crippen LogP contribution is 2.11. The van der Waals surface area contributed by atoms with Gasteiger partial charge in [-0.1, -0.05) is 31.2 Å². The van der Waals surface area contributed by atoms with Crippen LogP contribution in [0.4, 0.5) is 0 Å². The maximum absolute atomic E-state index is 12.4. The van der Waals surface area contributed by atoms with Crippen LogP contribution in [0.25, 0.3) is 0 Å². The quantitative estimate of drug-likeness (QED) is 0.867. The first kappa shape index (κ1) is 16.7. The number of hydrogen-bond donors (Lipinski definition) is 1. The van der Waals surface area contributed by atoms with Gasteiger partial charge in [0, 0.05) is 38.6 Å². The Hall–Kier alpha value is -2.18. The van der Waals surface area contributed by atoms with Crippen molar-refractivity contribution in [3.8, 4) is 0 Å². The molecule has 0 spiro atoms. The van der Waals surface area contributed by atoms with Crippen LogP contribution in [0.3, 0.4) is 0 Å². The van der Waals surface area contributed by atoms with Gasteiger partial charge in [-0.15, -0.1) is 0 Å². The lowest BCUT2D eigenvalue weighted by molar-refractivity contribution is -0.138. The number of ether oxygens (including phenoxy) is 1. The van der Waals surface area contributed by atoms with Crippen molar-refractivity contribution in [1.82, 2.24) is 19.8 Å². The number of carbonyl (C=O) groups is 1. The number of carbonyl (C=O) groups excluding carboxylic acids is 1. The molecule has 1 amide bonds. The van der Waals surface area contributed by atoms with Crippen LogP contribution in [0.1, 0.15) is 18.1 Å². The summed E-state index contributed by atoms with van der Waals surface area (Å²) in [6, 6.07) is 8.14. The molecule has 1 saturated heterocycles. The Morgan fingerprint density at radius 3 is 2.96 bits per heavy atom. The van der Waals surface area contributed by atoms with Crippen molar-refractivity contribution in [2.45, 2.75) is 26.1 Å². The number of nitrogens with zero attached hydrogens (tertiary/aromatic N) is 3. The van der Waals surface area contributed by atoms with Gasteiger partial charge >= 0.3 is 0 Å². The molecule has 1 N–H and O–H groups in total. The van der Waals surface area contributed by atoms with E-state index in [0.29, 0.717) is 19.7 Å². The second kappa shape index (κ2) is 8.08. The number of aromatic nitrogens is 2. The Kier molecular flexibility index (Phi) is 5.61. The van der Waals surface area contributed by atoms with Crippen LogP contribution in [0.5, 0.6) is 0 Å². The minimum Gasteiger partial charge on any atom is -0.366 e. The molecule has 128 valence electrons. The van der Waals surface area contributed by atoms with E-state index in [0.717, 1.165) is 25.2 Å². The van der Waals surface area contributed by atoms with Crippen molar-refractivity contribution >= 4 is 5.91 Å². The standard InChI is InChI=1S/C18H24N4O2/c1-2-21-9-10-24-17(13-21)18(23)20-11-15-5-3-4-6-16(15)12-22-8-7-19-14-22/h3-8,14,17H,2,9-13H2,1H3,(H,20,23). The molecule has 1 unspecified atom stereocenters. The molecule has 2 heterocycles. The van der Waals surface area contributed by atoms with Gasteiger partial charge in [-0.05, 0) is 17.7 Å². The highest BCUT2D eigenvalue weighted by molar-refractivity contribution is 5.81. The van der Waals surface area contributed by atoms with E-state index >= 15 is 0 Å². The number of imidazole rings is 1. The largest absolute Gasteiger partial charge is 0.366 e. The Morgan fingerprint density at radius 1 is 1.38 bits per heavy atom. The van der Waals surface area contributed by atoms with Crippen molar-refractivity contribution in [3.63, 3.8) is 0 Å². The van der Waals surface area contributed by atoms with Crippen LogP contribution >= 0.6 is 0 Å². The van der Waals surface area contributed by atoms with Crippen LogP contribution < -0.4 is 5.32 Å². The summed E-state index contributed by atoms with van der Waals surface area (Å²) in [5.41, 5.74) is 2.29. The fraction of sp³-hybridized carbons (Fsp3) is 0.444. The van der Waals surface area contributed by atoms with Crippen molar-refractivity contribution < 1.29 is 9.53 Å². The second-order valence-electron chi connectivity index (χ2n) is 5.97. The number of likely N-dealkylation sites (N-methyl/N-ethyl adjacent to an activating group) is 1. The van der Waals surface area contributed by atoms with Crippen LogP contribution in [-0.2, 0) is 22.6 Å². The zero-order valence-electron chi connectivity index (χ0n) is 14.0. The topological polar surface area (TPSA) is 59.4 Å². The number of hydrogen-bond acceptors (Lipinski definition) is 4. The Morgan fingerprint density at radius 2 is 2.21 bits per heavy atom. The van der Waals surface area contributed by atoms with E-state index in [4.69, 9.17) is 4.74 Å². The van der Waals surface area contributed by atoms with E-state index < -0.39 is 0 Å². The first-order valence-electron chi connectivity index (χ1n) is 8.40. The summed E-state index contributed by atoms with van der Waals surface area (Å²) in [5.74, 6) is -0.0365. The maximum atomic E-state index is 12.4. The minimum atomic E-state index is -0.375. The molecule has 1 atom stereocenters. The molecule has 1 aliphatic heterocycles. The molecule has 2 aromatic rings. The van der Waals surface area contributed by atoms with E-state index in [1.165, 1.54) is 5.56 Å². The van der Waals surface area contributed by atoms with E-state index in [1.54, 1.807) is 12.5 Å². The molecule has 24 heavy (non-hydrogen) atoms. The molecule has 3 rings (SSSR count). The van der Waals surface area contributed by atoms with Crippen molar-refractivity contribution in [2.24, 2.45) is 0 Å². The highest BCUT2D eigenvalue weighted by atomic mass is 16.5. The lowest BCUT2D eigenvalue weighted by Crippen LogP contribution is -2.49. The molecule has 0 aliphatic carbocycles. The van der Waals surface area contributed by atoms with Crippen LogP contribution in [0.2, 0.25) is 0 Å². The van der Waals surface area contributed by atoms with Gasteiger partial charge in [0.25, 0.3) is 5.91 Å². The van der Waals surface area contributed by atoms with Gasteiger partial charge < -0.3 is 14.6 Å². The number of benzene rings is 1. The van der Waals surface area contributed by atoms with Gasteiger partial charge in [0.15, 0.2) is 0 Å². The van der Waals surface area contributed by atoms with E-state index in [-0.39, 0.29) is 12.0 Å². The maximum Gasteiger partial charge on any atom is 0.250 e. The lowest BCUT2D eigenvalue weighted by Gasteiger charge is -2.31. The van der Waals surface area contributed by atoms with Gasteiger partial charge in [0.1, 0.15) is 6.10 Å². The minimum absolute atomic E-state index is 0.0365. The summed E-state index contributed by atoms with van der Waals surface area (Å²) in [7, 11) is 0. The van der Waals surface area contributed by atoms with Gasteiger partial charge in [-0.3, -0.25) is 9.69 Å². The lowest BCUT2D eigenvalue weighted by atomic mass is 10.1. The summed E-state index contributed by atoms with van der Waals surface area (Å²) in [6.45, 7) is 6.48. The number of morpholine rings is 1. The summed E-state index contributed by atoms with van der Waals surface area (Å²) >= 11 is 0. The molecular weight excluding hydrogens is 304 g/mol. The van der Waals surface area contributed by atoms with E-state index in [1.807, 2.05) is 29.0 Å². The second-order valence-corrected chi connectivity index (χ2v) is 5.97. The number of amides is 1. The van der Waals surface area contributed by atoms with E-state index in [2.05, 4.69) is 28.2 Å². The summed E-state index contributed by atoms with van der Waals surface area (Å²) in [5, 5.41) is 3.02. The van der Waals surface area contributed by atoms with Crippen molar-refractivity contribution in [1.29, 1.82) is 0 Å². The first-order valence-corrected chi connectivity index (χ1v) is 8.40. The van der Waals surface area contributed by atoms with Crippen molar-refractivity contribution in [3.05, 3.63) is 54.1 Å². The Labute approximate surface area is 142 Å². The molecule has 0 bridgehead atoms. The average molecular weight is 328 g/mol. The predicted molar refractivity (Wildman–Crippen MR) is 91.5 cm³/mol. The Balaban J connectivity index is 1.59. The third-order valence-electron chi connectivity index (χ3n) is 4.37. The number of nitrogens with one attached hydrogen (secondary N) is 1. The molecule has 1 aromatic carbocycles.